The summed E-state index contributed by atoms with van der Waals surface area (Å²) in [5.74, 6) is 1.46. The van der Waals surface area contributed by atoms with Crippen LogP contribution in [0.5, 0.6) is 0 Å². The molecule has 292 valence electrons. The number of carboxylic acids is 1. The molecule has 4 aromatic rings. The topological polar surface area (TPSA) is 103 Å². The second-order valence-electron chi connectivity index (χ2n) is 16.3. The van der Waals surface area contributed by atoms with Crippen molar-refractivity contribution in [2.45, 2.75) is 71.9 Å². The number of likely N-dealkylation sites (tertiary alicyclic amines) is 1. The van der Waals surface area contributed by atoms with Gasteiger partial charge in [0.25, 0.3) is 6.43 Å². The highest BCUT2D eigenvalue weighted by Crippen LogP contribution is 2.44. The quantitative estimate of drug-likeness (QED) is 0.206. The van der Waals surface area contributed by atoms with E-state index in [1.54, 1.807) is 49.2 Å². The van der Waals surface area contributed by atoms with Crippen molar-refractivity contribution in [1.82, 2.24) is 29.4 Å². The molecule has 2 aromatic carbocycles. The molecular formula is C42H52F2N8O3. The Morgan fingerprint density at radius 2 is 1.71 bits per heavy atom. The van der Waals surface area contributed by atoms with E-state index in [4.69, 9.17) is 5.10 Å². The van der Waals surface area contributed by atoms with Gasteiger partial charge < -0.3 is 24.7 Å². The Bertz CT molecular complexity index is 2040. The number of carbonyl (C=O) groups is 2. The second-order valence-corrected chi connectivity index (χ2v) is 16.3. The number of benzene rings is 2. The number of anilines is 3. The minimum Gasteiger partial charge on any atom is -0.478 e. The summed E-state index contributed by atoms with van der Waals surface area (Å²) in [7, 11) is 1.79. The molecule has 11 nitrogen and oxygen atoms in total. The van der Waals surface area contributed by atoms with Gasteiger partial charge in [0.2, 0.25) is 5.91 Å². The summed E-state index contributed by atoms with van der Waals surface area (Å²) in [4.78, 5) is 33.0. The van der Waals surface area contributed by atoms with E-state index in [1.807, 2.05) is 23.1 Å². The third-order valence-electron chi connectivity index (χ3n) is 12.7. The Balaban J connectivity index is 1.01. The molecule has 1 amide bonds. The van der Waals surface area contributed by atoms with Crippen molar-refractivity contribution in [3.63, 3.8) is 0 Å². The van der Waals surface area contributed by atoms with Crippen LogP contribution in [0.25, 0.3) is 11.1 Å². The molecule has 55 heavy (non-hydrogen) atoms. The first-order chi connectivity index (χ1) is 26.4. The van der Waals surface area contributed by atoms with Gasteiger partial charge in [-0.15, -0.1) is 0 Å². The Hall–Kier alpha value is -4.78. The van der Waals surface area contributed by atoms with Gasteiger partial charge >= 0.3 is 5.97 Å². The molecule has 8 rings (SSSR count). The van der Waals surface area contributed by atoms with Gasteiger partial charge in [-0.05, 0) is 91.0 Å². The first-order valence-electron chi connectivity index (χ1n) is 19.8. The van der Waals surface area contributed by atoms with E-state index in [-0.39, 0.29) is 17.5 Å². The molecule has 4 aliphatic heterocycles. The normalized spacial score (nSPS) is 22.2. The summed E-state index contributed by atoms with van der Waals surface area (Å²) in [5.41, 5.74) is 6.60. The fourth-order valence-corrected chi connectivity index (χ4v) is 9.71. The zero-order valence-corrected chi connectivity index (χ0v) is 32.3. The number of carbonyl (C=O) groups excluding carboxylic acids is 1. The van der Waals surface area contributed by atoms with Crippen LogP contribution in [0.15, 0.2) is 48.8 Å². The SMILES string of the molecule is CC(=O)N1CCc2c(c(N3CCCc4cc(-c5cnn(C)c5)c(C(F)F)cc43)nn2C2CCN(CC3C(C)CN(c4ccc(C(=O)O)cc4)CC3C)CC2)C1. The summed E-state index contributed by atoms with van der Waals surface area (Å²) < 4.78 is 33.3. The molecular weight excluding hydrogens is 703 g/mol. The smallest absolute Gasteiger partial charge is 0.335 e. The molecule has 2 unspecified atom stereocenters. The number of carboxylic acid groups (broad SMARTS) is 1. The molecule has 6 heterocycles. The average molecular weight is 755 g/mol. The maximum Gasteiger partial charge on any atom is 0.335 e. The van der Waals surface area contributed by atoms with E-state index < -0.39 is 12.4 Å². The highest BCUT2D eigenvalue weighted by molar-refractivity contribution is 5.88. The van der Waals surface area contributed by atoms with Crippen LogP contribution in [0.3, 0.4) is 0 Å². The number of hydrogen-bond acceptors (Lipinski definition) is 7. The van der Waals surface area contributed by atoms with Crippen molar-refractivity contribution >= 4 is 29.1 Å². The third kappa shape index (κ3) is 7.23. The molecule has 1 N–H and O–H groups in total. The summed E-state index contributed by atoms with van der Waals surface area (Å²) in [6.07, 6.45) is 5.11. The monoisotopic (exact) mass is 754 g/mol. The van der Waals surface area contributed by atoms with Gasteiger partial charge in [0.1, 0.15) is 0 Å². The van der Waals surface area contributed by atoms with E-state index in [1.165, 1.54) is 5.69 Å². The molecule has 0 radical (unpaired) electrons. The van der Waals surface area contributed by atoms with Crippen molar-refractivity contribution in [3.8, 4) is 11.1 Å². The van der Waals surface area contributed by atoms with Crippen molar-refractivity contribution in [2.24, 2.45) is 24.8 Å². The zero-order chi connectivity index (χ0) is 38.5. The minimum atomic E-state index is -2.65. The average Bonchev–Trinajstić information content (AvgIpc) is 3.79. The molecule has 13 heteroatoms. The first kappa shape index (κ1) is 37.2. The van der Waals surface area contributed by atoms with Crippen LogP contribution in [0.1, 0.15) is 85.2 Å². The maximum atomic E-state index is 14.7. The molecule has 2 atom stereocenters. The number of aryl methyl sites for hydroxylation is 2. The number of piperidine rings is 2. The fraction of sp³-hybridized carbons (Fsp3) is 0.524. The van der Waals surface area contributed by atoms with Crippen molar-refractivity contribution in [2.75, 3.05) is 55.6 Å². The third-order valence-corrected chi connectivity index (χ3v) is 12.7. The predicted molar refractivity (Wildman–Crippen MR) is 208 cm³/mol. The van der Waals surface area contributed by atoms with E-state index >= 15 is 0 Å². The van der Waals surface area contributed by atoms with Crippen molar-refractivity contribution in [1.29, 1.82) is 0 Å². The van der Waals surface area contributed by atoms with Gasteiger partial charge in [-0.25, -0.2) is 13.6 Å². The highest BCUT2D eigenvalue weighted by atomic mass is 19.3. The maximum absolute atomic E-state index is 14.7. The number of amides is 1. The van der Waals surface area contributed by atoms with Gasteiger partial charge in [-0.3, -0.25) is 14.2 Å². The molecule has 0 saturated carbocycles. The summed E-state index contributed by atoms with van der Waals surface area (Å²) in [5, 5.41) is 18.9. The van der Waals surface area contributed by atoms with Crippen LogP contribution in [-0.4, -0.2) is 92.2 Å². The van der Waals surface area contributed by atoms with Crippen molar-refractivity contribution < 1.29 is 23.5 Å². The molecule has 2 aromatic heterocycles. The lowest BCUT2D eigenvalue weighted by Crippen LogP contribution is -2.49. The summed E-state index contributed by atoms with van der Waals surface area (Å²) in [6, 6.07) is 11.0. The van der Waals surface area contributed by atoms with Gasteiger partial charge in [-0.2, -0.15) is 10.2 Å². The van der Waals surface area contributed by atoms with Gasteiger partial charge in [0.05, 0.1) is 24.3 Å². The van der Waals surface area contributed by atoms with E-state index in [9.17, 15) is 23.5 Å². The van der Waals surface area contributed by atoms with E-state index in [0.717, 1.165) is 93.1 Å². The Kier molecular flexibility index (Phi) is 10.2. The molecule has 0 bridgehead atoms. The molecule has 4 aliphatic rings. The number of hydrogen-bond donors (Lipinski definition) is 1. The highest BCUT2D eigenvalue weighted by Gasteiger charge is 2.37. The number of alkyl halides is 2. The largest absolute Gasteiger partial charge is 0.478 e. The number of fused-ring (bicyclic) bond motifs is 2. The van der Waals surface area contributed by atoms with Crippen LogP contribution in [0.4, 0.5) is 26.0 Å². The summed E-state index contributed by atoms with van der Waals surface area (Å²) >= 11 is 0. The van der Waals surface area contributed by atoms with E-state index in [0.29, 0.717) is 54.1 Å². The Labute approximate surface area is 321 Å². The lowest BCUT2D eigenvalue weighted by molar-refractivity contribution is -0.129. The number of rotatable bonds is 8. The minimum absolute atomic E-state index is 0.00612. The molecule has 2 fully saturated rings. The second kappa shape index (κ2) is 15.0. The number of aromatic carboxylic acids is 1. The van der Waals surface area contributed by atoms with Gasteiger partial charge in [0, 0.05) is 106 Å². The Morgan fingerprint density at radius 1 is 0.982 bits per heavy atom. The standard InChI is InChI=1S/C42H52F2N8O3/c1-26-21-50(32-9-7-29(8-10-32)42(54)55)22-27(2)36(26)24-48-15-11-33(12-16-48)52-38-13-17-49(28(3)53)25-37(38)41(46-52)51-14-5-6-30-18-34(31-20-45-47(4)23-31)35(40(43)44)19-39(30)51/h7-10,18-20,23,26-27,33,36,40H,5-6,11-17,21-22,24-25H2,1-4H3,(H,54,55). The van der Waals surface area contributed by atoms with Crippen LogP contribution < -0.4 is 9.80 Å². The molecule has 2 saturated heterocycles. The number of nitrogens with zero attached hydrogens (tertiary/aromatic N) is 8. The van der Waals surface area contributed by atoms with Crippen molar-refractivity contribution in [3.05, 3.63) is 76.7 Å². The lowest BCUT2D eigenvalue weighted by atomic mass is 9.78. The fourth-order valence-electron chi connectivity index (χ4n) is 9.71. The van der Waals surface area contributed by atoms with Gasteiger partial charge in [-0.1, -0.05) is 13.8 Å². The summed E-state index contributed by atoms with van der Waals surface area (Å²) in [6.45, 7) is 13.0. The van der Waals surface area contributed by atoms with Crippen LogP contribution in [0.2, 0.25) is 0 Å². The molecule has 0 aliphatic carbocycles. The van der Waals surface area contributed by atoms with Crippen LogP contribution in [-0.2, 0) is 31.2 Å². The number of aromatic nitrogens is 4. The molecule has 0 spiro atoms. The van der Waals surface area contributed by atoms with Crippen LogP contribution >= 0.6 is 0 Å². The van der Waals surface area contributed by atoms with E-state index in [2.05, 4.69) is 38.3 Å². The Morgan fingerprint density at radius 3 is 2.35 bits per heavy atom. The van der Waals surface area contributed by atoms with Crippen LogP contribution in [0, 0.1) is 17.8 Å². The zero-order valence-electron chi connectivity index (χ0n) is 32.3. The number of halogens is 2. The first-order valence-corrected chi connectivity index (χ1v) is 19.8. The predicted octanol–water partition coefficient (Wildman–Crippen LogP) is 6.95. The lowest BCUT2D eigenvalue weighted by Gasteiger charge is -2.45. The van der Waals surface area contributed by atoms with Gasteiger partial charge in [0.15, 0.2) is 5.82 Å².